The lowest BCUT2D eigenvalue weighted by Gasteiger charge is -2.02. The summed E-state index contributed by atoms with van der Waals surface area (Å²) in [6, 6.07) is 0. The standard InChI is InChI=1S/C13H28N4.ClH/c14-12(15)10-8-6-4-2-1-3-5-7-9-11-13(16)17;/h1-11H2,(H3,14,15)(H3,16,17);1H. The number of unbranched alkanes of at least 4 members (excludes halogenated alkanes) is 8. The van der Waals surface area contributed by atoms with E-state index in [-0.39, 0.29) is 12.4 Å². The summed E-state index contributed by atoms with van der Waals surface area (Å²) in [5.41, 5.74) is 10.6. The molecule has 0 heterocycles. The van der Waals surface area contributed by atoms with Gasteiger partial charge in [-0.2, -0.15) is 0 Å². The first kappa shape index (κ1) is 19.6. The Bertz CT molecular complexity index is 197. The number of nitrogens with two attached hydrogens (primary N) is 2. The topological polar surface area (TPSA) is 99.7 Å². The van der Waals surface area contributed by atoms with Crippen molar-refractivity contribution in [3.8, 4) is 0 Å². The van der Waals surface area contributed by atoms with Crippen LogP contribution >= 0.6 is 12.4 Å². The fourth-order valence-corrected chi connectivity index (χ4v) is 1.87. The van der Waals surface area contributed by atoms with Gasteiger partial charge in [0.1, 0.15) is 0 Å². The maximum atomic E-state index is 7.09. The molecule has 0 radical (unpaired) electrons. The van der Waals surface area contributed by atoms with Gasteiger partial charge >= 0.3 is 0 Å². The van der Waals surface area contributed by atoms with E-state index in [2.05, 4.69) is 0 Å². The van der Waals surface area contributed by atoms with E-state index in [4.69, 9.17) is 22.3 Å². The molecule has 0 rings (SSSR count). The van der Waals surface area contributed by atoms with Crippen molar-refractivity contribution in [2.75, 3.05) is 0 Å². The zero-order chi connectivity index (χ0) is 12.9. The van der Waals surface area contributed by atoms with E-state index in [1.54, 1.807) is 0 Å². The summed E-state index contributed by atoms with van der Waals surface area (Å²) in [7, 11) is 0. The van der Waals surface area contributed by atoms with E-state index in [0.717, 1.165) is 25.7 Å². The molecule has 0 saturated heterocycles. The Morgan fingerprint density at radius 2 is 0.778 bits per heavy atom. The van der Waals surface area contributed by atoms with Crippen LogP contribution in [0.25, 0.3) is 0 Å². The van der Waals surface area contributed by atoms with Crippen molar-refractivity contribution in [1.29, 1.82) is 10.8 Å². The van der Waals surface area contributed by atoms with Gasteiger partial charge in [-0.05, 0) is 12.8 Å². The molecule has 0 bridgehead atoms. The molecule has 0 aromatic carbocycles. The van der Waals surface area contributed by atoms with Gasteiger partial charge in [-0.3, -0.25) is 10.8 Å². The third-order valence-electron chi connectivity index (χ3n) is 2.89. The summed E-state index contributed by atoms with van der Waals surface area (Å²) >= 11 is 0. The zero-order valence-electron chi connectivity index (χ0n) is 11.3. The third-order valence-corrected chi connectivity index (χ3v) is 2.89. The molecule has 0 amide bonds. The van der Waals surface area contributed by atoms with Gasteiger partial charge in [0.15, 0.2) is 0 Å². The van der Waals surface area contributed by atoms with Crippen LogP contribution in [0.2, 0.25) is 0 Å². The highest BCUT2D eigenvalue weighted by Crippen LogP contribution is 2.11. The van der Waals surface area contributed by atoms with E-state index in [1.165, 1.54) is 44.9 Å². The molecule has 0 spiro atoms. The molecule has 4 nitrogen and oxygen atoms in total. The number of rotatable bonds is 12. The monoisotopic (exact) mass is 276 g/mol. The lowest BCUT2D eigenvalue weighted by atomic mass is 10.1. The second-order valence-corrected chi connectivity index (χ2v) is 4.73. The highest BCUT2D eigenvalue weighted by Gasteiger charge is 1.94. The third kappa shape index (κ3) is 17.6. The molecule has 0 aliphatic heterocycles. The molecular formula is C13H29ClN4. The average Bonchev–Trinajstić information content (AvgIpc) is 2.25. The first-order valence-electron chi connectivity index (χ1n) is 6.78. The van der Waals surface area contributed by atoms with Crippen LogP contribution in [-0.4, -0.2) is 11.7 Å². The number of hydrogen-bond acceptors (Lipinski definition) is 2. The SMILES string of the molecule is Cl.N=C(N)CCCCCCCCCCCC(=N)N. The quantitative estimate of drug-likeness (QED) is 0.249. The summed E-state index contributed by atoms with van der Waals surface area (Å²) in [5.74, 6) is 0.631. The van der Waals surface area contributed by atoms with Crippen LogP contribution < -0.4 is 11.5 Å². The number of halogens is 1. The molecule has 0 aromatic heterocycles. The van der Waals surface area contributed by atoms with E-state index >= 15 is 0 Å². The Labute approximate surface area is 117 Å². The van der Waals surface area contributed by atoms with Crippen molar-refractivity contribution < 1.29 is 0 Å². The zero-order valence-corrected chi connectivity index (χ0v) is 12.2. The summed E-state index contributed by atoms with van der Waals surface area (Å²) in [6.45, 7) is 0. The van der Waals surface area contributed by atoms with Crippen LogP contribution in [0.5, 0.6) is 0 Å². The van der Waals surface area contributed by atoms with Gasteiger partial charge in [-0.15, -0.1) is 12.4 Å². The Morgan fingerprint density at radius 3 is 1.00 bits per heavy atom. The van der Waals surface area contributed by atoms with Crippen LogP contribution in [0.4, 0.5) is 0 Å². The lowest BCUT2D eigenvalue weighted by Crippen LogP contribution is -2.08. The fraction of sp³-hybridized carbons (Fsp3) is 0.846. The Balaban J connectivity index is 0. The Hall–Kier alpha value is -0.770. The molecule has 0 saturated carbocycles. The summed E-state index contributed by atoms with van der Waals surface area (Å²) in [4.78, 5) is 0. The fourth-order valence-electron chi connectivity index (χ4n) is 1.87. The summed E-state index contributed by atoms with van der Waals surface area (Å²) < 4.78 is 0. The summed E-state index contributed by atoms with van der Waals surface area (Å²) in [6.07, 6.45) is 12.5. The van der Waals surface area contributed by atoms with Crippen molar-refractivity contribution >= 4 is 24.1 Å². The maximum absolute atomic E-state index is 7.09. The molecule has 6 N–H and O–H groups in total. The van der Waals surface area contributed by atoms with E-state index in [0.29, 0.717) is 11.7 Å². The Kier molecular flexibility index (Phi) is 15.5. The first-order chi connectivity index (χ1) is 8.13. The second kappa shape index (κ2) is 14.3. The predicted molar refractivity (Wildman–Crippen MR) is 81.9 cm³/mol. The smallest absolute Gasteiger partial charge is 0.0905 e. The van der Waals surface area contributed by atoms with Crippen molar-refractivity contribution in [2.45, 2.75) is 70.6 Å². The average molecular weight is 277 g/mol. The minimum atomic E-state index is 0. The molecule has 0 atom stereocenters. The number of nitrogens with one attached hydrogen (secondary N) is 2. The van der Waals surface area contributed by atoms with Gasteiger partial charge < -0.3 is 11.5 Å². The van der Waals surface area contributed by atoms with E-state index < -0.39 is 0 Å². The van der Waals surface area contributed by atoms with Crippen LogP contribution in [0.15, 0.2) is 0 Å². The molecule has 5 heteroatoms. The van der Waals surface area contributed by atoms with Gasteiger partial charge in [0, 0.05) is 12.8 Å². The highest BCUT2D eigenvalue weighted by molar-refractivity contribution is 5.85. The van der Waals surface area contributed by atoms with Crippen LogP contribution in [0.1, 0.15) is 70.6 Å². The minimum absolute atomic E-state index is 0. The molecule has 0 fully saturated rings. The predicted octanol–water partition coefficient (Wildman–Crippen LogP) is 3.57. The van der Waals surface area contributed by atoms with Crippen molar-refractivity contribution in [2.24, 2.45) is 11.5 Å². The van der Waals surface area contributed by atoms with Gasteiger partial charge in [0.25, 0.3) is 0 Å². The first-order valence-corrected chi connectivity index (χ1v) is 6.78. The van der Waals surface area contributed by atoms with E-state index in [1.807, 2.05) is 0 Å². The van der Waals surface area contributed by atoms with Gasteiger partial charge in [0.05, 0.1) is 11.7 Å². The van der Waals surface area contributed by atoms with Crippen LogP contribution in [0.3, 0.4) is 0 Å². The molecule has 0 unspecified atom stereocenters. The number of hydrogen-bond donors (Lipinski definition) is 4. The number of amidine groups is 2. The molecule has 0 aliphatic rings. The molecular weight excluding hydrogens is 248 g/mol. The molecule has 108 valence electrons. The van der Waals surface area contributed by atoms with Crippen molar-refractivity contribution in [3.05, 3.63) is 0 Å². The summed E-state index contributed by atoms with van der Waals surface area (Å²) in [5, 5.41) is 14.2. The molecule has 0 aromatic rings. The van der Waals surface area contributed by atoms with Gasteiger partial charge in [0.2, 0.25) is 0 Å². The second-order valence-electron chi connectivity index (χ2n) is 4.73. The normalized spacial score (nSPS) is 9.78. The minimum Gasteiger partial charge on any atom is -0.388 e. The van der Waals surface area contributed by atoms with Crippen LogP contribution in [-0.2, 0) is 0 Å². The van der Waals surface area contributed by atoms with Crippen LogP contribution in [0, 0.1) is 10.8 Å². The Morgan fingerprint density at radius 1 is 0.556 bits per heavy atom. The molecule has 18 heavy (non-hydrogen) atoms. The van der Waals surface area contributed by atoms with Gasteiger partial charge in [-0.1, -0.05) is 44.9 Å². The van der Waals surface area contributed by atoms with E-state index in [9.17, 15) is 0 Å². The van der Waals surface area contributed by atoms with Gasteiger partial charge in [-0.25, -0.2) is 0 Å². The van der Waals surface area contributed by atoms with Crippen molar-refractivity contribution in [3.63, 3.8) is 0 Å². The maximum Gasteiger partial charge on any atom is 0.0905 e. The lowest BCUT2D eigenvalue weighted by molar-refractivity contribution is 0.564. The van der Waals surface area contributed by atoms with Crippen molar-refractivity contribution in [1.82, 2.24) is 0 Å². The molecule has 0 aliphatic carbocycles. The highest BCUT2D eigenvalue weighted by atomic mass is 35.5. The largest absolute Gasteiger partial charge is 0.388 e.